The highest BCUT2D eigenvalue weighted by atomic mass is 32.1. The van der Waals surface area contributed by atoms with Gasteiger partial charge in [0.2, 0.25) is 0 Å². The topological polar surface area (TPSA) is 12.0 Å². The first-order valence-electron chi connectivity index (χ1n) is 7.17. The van der Waals surface area contributed by atoms with Crippen LogP contribution in [0, 0.1) is 6.92 Å². The maximum absolute atomic E-state index is 3.65. The zero-order valence-corrected chi connectivity index (χ0v) is 12.5. The van der Waals surface area contributed by atoms with E-state index in [0.29, 0.717) is 6.04 Å². The minimum atomic E-state index is 0.400. The van der Waals surface area contributed by atoms with Crippen molar-refractivity contribution in [2.45, 2.75) is 45.6 Å². The summed E-state index contributed by atoms with van der Waals surface area (Å²) in [4.78, 5) is 3.11. The van der Waals surface area contributed by atoms with Gasteiger partial charge in [0.05, 0.1) is 6.04 Å². The summed E-state index contributed by atoms with van der Waals surface area (Å²) >= 11 is 2.01. The zero-order valence-electron chi connectivity index (χ0n) is 11.7. The van der Waals surface area contributed by atoms with Gasteiger partial charge in [-0.15, -0.1) is 11.3 Å². The third-order valence-electron chi connectivity index (χ3n) is 3.96. The van der Waals surface area contributed by atoms with Gasteiger partial charge in [-0.3, -0.25) is 0 Å². The largest absolute Gasteiger partial charge is 0.377 e. The summed E-state index contributed by atoms with van der Waals surface area (Å²) in [5, 5.41) is 3.65. The van der Waals surface area contributed by atoms with Crippen LogP contribution in [-0.2, 0) is 12.8 Å². The third kappa shape index (κ3) is 2.69. The van der Waals surface area contributed by atoms with E-state index in [0.717, 1.165) is 0 Å². The Morgan fingerprint density at radius 2 is 1.95 bits per heavy atom. The molecular formula is C17H21NS. The van der Waals surface area contributed by atoms with Crippen molar-refractivity contribution in [3.8, 4) is 0 Å². The SMILES string of the molecule is Cc1ccccc1NC(C)c1cc2c(s1)CCCC2. The highest BCUT2D eigenvalue weighted by molar-refractivity contribution is 7.12. The summed E-state index contributed by atoms with van der Waals surface area (Å²) in [7, 11) is 0. The molecule has 1 atom stereocenters. The molecule has 1 aliphatic carbocycles. The maximum Gasteiger partial charge on any atom is 0.0578 e. The number of para-hydroxylation sites is 1. The second-order valence-corrected chi connectivity index (χ2v) is 6.65. The van der Waals surface area contributed by atoms with E-state index < -0.39 is 0 Å². The third-order valence-corrected chi connectivity index (χ3v) is 5.38. The molecule has 100 valence electrons. The Labute approximate surface area is 119 Å². The minimum absolute atomic E-state index is 0.400. The number of hydrogen-bond donors (Lipinski definition) is 1. The predicted octanol–water partition coefficient (Wildman–Crippen LogP) is 5.11. The molecule has 0 amide bonds. The lowest BCUT2D eigenvalue weighted by atomic mass is 9.99. The van der Waals surface area contributed by atoms with Gasteiger partial charge in [-0.1, -0.05) is 18.2 Å². The maximum atomic E-state index is 3.65. The van der Waals surface area contributed by atoms with Crippen molar-refractivity contribution in [2.24, 2.45) is 0 Å². The number of nitrogens with one attached hydrogen (secondary N) is 1. The van der Waals surface area contributed by atoms with E-state index in [-0.39, 0.29) is 0 Å². The van der Waals surface area contributed by atoms with Gasteiger partial charge in [0, 0.05) is 15.4 Å². The van der Waals surface area contributed by atoms with E-state index in [1.807, 2.05) is 11.3 Å². The fourth-order valence-electron chi connectivity index (χ4n) is 2.77. The number of hydrogen-bond acceptors (Lipinski definition) is 2. The van der Waals surface area contributed by atoms with Crippen molar-refractivity contribution in [1.29, 1.82) is 0 Å². The lowest BCUT2D eigenvalue weighted by molar-refractivity contribution is 0.696. The molecule has 1 aromatic heterocycles. The summed E-state index contributed by atoms with van der Waals surface area (Å²) in [5.74, 6) is 0. The molecule has 1 N–H and O–H groups in total. The highest BCUT2D eigenvalue weighted by Crippen LogP contribution is 2.34. The number of rotatable bonds is 3. The molecule has 1 heterocycles. The average molecular weight is 271 g/mol. The van der Waals surface area contributed by atoms with Crippen LogP contribution in [0.1, 0.15) is 46.7 Å². The van der Waals surface area contributed by atoms with Crippen LogP contribution in [0.2, 0.25) is 0 Å². The van der Waals surface area contributed by atoms with Crippen LogP contribution < -0.4 is 5.32 Å². The first kappa shape index (κ1) is 12.7. The predicted molar refractivity (Wildman–Crippen MR) is 84.2 cm³/mol. The first-order valence-corrected chi connectivity index (χ1v) is 7.99. The van der Waals surface area contributed by atoms with E-state index in [1.165, 1.54) is 41.8 Å². The fourth-order valence-corrected chi connectivity index (χ4v) is 4.03. The Bertz CT molecular complexity index is 547. The molecule has 0 spiro atoms. The molecule has 0 saturated heterocycles. The smallest absolute Gasteiger partial charge is 0.0578 e. The van der Waals surface area contributed by atoms with Crippen molar-refractivity contribution in [2.75, 3.05) is 5.32 Å². The van der Waals surface area contributed by atoms with Crippen molar-refractivity contribution in [3.63, 3.8) is 0 Å². The quantitative estimate of drug-likeness (QED) is 0.818. The Balaban J connectivity index is 1.79. The van der Waals surface area contributed by atoms with Crippen LogP contribution in [-0.4, -0.2) is 0 Å². The van der Waals surface area contributed by atoms with Gasteiger partial charge in [-0.25, -0.2) is 0 Å². The van der Waals surface area contributed by atoms with Crippen molar-refractivity contribution < 1.29 is 0 Å². The summed E-state index contributed by atoms with van der Waals surface area (Å²) in [6.07, 6.45) is 5.30. The molecule has 2 heteroatoms. The molecule has 1 aromatic carbocycles. The average Bonchev–Trinajstić information content (AvgIpc) is 2.85. The monoisotopic (exact) mass is 271 g/mol. The Morgan fingerprint density at radius 1 is 1.16 bits per heavy atom. The number of thiophene rings is 1. The lowest BCUT2D eigenvalue weighted by Crippen LogP contribution is -2.05. The zero-order chi connectivity index (χ0) is 13.2. The molecule has 1 aliphatic rings. The van der Waals surface area contributed by atoms with E-state index in [2.05, 4.69) is 49.5 Å². The van der Waals surface area contributed by atoms with Gasteiger partial charge in [0.1, 0.15) is 0 Å². The van der Waals surface area contributed by atoms with Gasteiger partial charge < -0.3 is 5.32 Å². The Hall–Kier alpha value is -1.28. The molecule has 0 aliphatic heterocycles. The molecule has 1 unspecified atom stereocenters. The van der Waals surface area contributed by atoms with Gasteiger partial charge in [0.25, 0.3) is 0 Å². The number of fused-ring (bicyclic) bond motifs is 1. The summed E-state index contributed by atoms with van der Waals surface area (Å²) in [6.45, 7) is 4.43. The normalized spacial score (nSPS) is 15.9. The molecule has 2 aromatic rings. The van der Waals surface area contributed by atoms with E-state index >= 15 is 0 Å². The van der Waals surface area contributed by atoms with Crippen LogP contribution in [0.5, 0.6) is 0 Å². The number of aryl methyl sites for hydroxylation is 3. The standard InChI is InChI=1S/C17H21NS/c1-12-7-3-5-9-15(12)18-13(2)17-11-14-8-4-6-10-16(14)19-17/h3,5,7,9,11,13,18H,4,6,8,10H2,1-2H3. The lowest BCUT2D eigenvalue weighted by Gasteiger charge is -2.15. The van der Waals surface area contributed by atoms with Crippen LogP contribution >= 0.6 is 11.3 Å². The number of anilines is 1. The Morgan fingerprint density at radius 3 is 2.74 bits per heavy atom. The van der Waals surface area contributed by atoms with Crippen molar-refractivity contribution in [1.82, 2.24) is 0 Å². The van der Waals surface area contributed by atoms with E-state index in [4.69, 9.17) is 0 Å². The molecule has 1 nitrogen and oxygen atoms in total. The highest BCUT2D eigenvalue weighted by Gasteiger charge is 2.16. The second kappa shape index (κ2) is 5.38. The van der Waals surface area contributed by atoms with Gasteiger partial charge >= 0.3 is 0 Å². The molecule has 19 heavy (non-hydrogen) atoms. The van der Waals surface area contributed by atoms with E-state index in [9.17, 15) is 0 Å². The van der Waals surface area contributed by atoms with Crippen LogP contribution in [0.15, 0.2) is 30.3 Å². The molecule has 0 bridgehead atoms. The van der Waals surface area contributed by atoms with Gasteiger partial charge in [0.15, 0.2) is 0 Å². The summed E-state index contributed by atoms with van der Waals surface area (Å²) in [6, 6.07) is 11.3. The summed E-state index contributed by atoms with van der Waals surface area (Å²) < 4.78 is 0. The minimum Gasteiger partial charge on any atom is -0.377 e. The number of benzene rings is 1. The molecular weight excluding hydrogens is 250 g/mol. The van der Waals surface area contributed by atoms with Crippen molar-refractivity contribution in [3.05, 3.63) is 51.2 Å². The second-order valence-electron chi connectivity index (χ2n) is 5.49. The van der Waals surface area contributed by atoms with Gasteiger partial charge in [-0.05, 0) is 62.8 Å². The van der Waals surface area contributed by atoms with Crippen LogP contribution in [0.3, 0.4) is 0 Å². The first-order chi connectivity index (χ1) is 9.24. The van der Waals surface area contributed by atoms with Crippen LogP contribution in [0.4, 0.5) is 5.69 Å². The molecule has 0 saturated carbocycles. The summed E-state index contributed by atoms with van der Waals surface area (Å²) in [5.41, 5.74) is 4.17. The van der Waals surface area contributed by atoms with E-state index in [1.54, 1.807) is 10.4 Å². The van der Waals surface area contributed by atoms with Crippen LogP contribution in [0.25, 0.3) is 0 Å². The van der Waals surface area contributed by atoms with Crippen molar-refractivity contribution >= 4 is 17.0 Å². The Kier molecular flexibility index (Phi) is 3.61. The fraction of sp³-hybridized carbons (Fsp3) is 0.412. The van der Waals surface area contributed by atoms with Gasteiger partial charge in [-0.2, -0.15) is 0 Å². The molecule has 0 fully saturated rings. The molecule has 3 rings (SSSR count). The molecule has 0 radical (unpaired) electrons.